The minimum Gasteiger partial charge on any atom is -0.206 e. The van der Waals surface area contributed by atoms with Gasteiger partial charge in [0.15, 0.2) is 0 Å². The van der Waals surface area contributed by atoms with E-state index in [0.717, 1.165) is 16.3 Å². The summed E-state index contributed by atoms with van der Waals surface area (Å²) in [7, 11) is 0. The van der Waals surface area contributed by atoms with E-state index in [1.807, 2.05) is 20.8 Å². The van der Waals surface area contributed by atoms with Crippen LogP contribution in [0.2, 0.25) is 5.02 Å². The van der Waals surface area contributed by atoms with Crippen molar-refractivity contribution in [2.45, 2.75) is 20.8 Å². The van der Waals surface area contributed by atoms with E-state index >= 15 is 0 Å². The summed E-state index contributed by atoms with van der Waals surface area (Å²) < 4.78 is 13.4. The molecule has 2 rings (SSSR count). The van der Waals surface area contributed by atoms with Crippen LogP contribution in [0, 0.1) is 25.1 Å². The smallest absolute Gasteiger partial charge is 0.139 e. The molecule has 0 atom stereocenters. The van der Waals surface area contributed by atoms with Gasteiger partial charge in [-0.2, -0.15) is 0 Å². The van der Waals surface area contributed by atoms with E-state index in [9.17, 15) is 4.39 Å². The van der Waals surface area contributed by atoms with E-state index in [2.05, 4.69) is 5.92 Å². The quantitative estimate of drug-likeness (QED) is 0.579. The molecule has 17 heavy (non-hydrogen) atoms. The lowest BCUT2D eigenvalue weighted by Crippen LogP contribution is -1.89. The Morgan fingerprint density at radius 1 is 1.24 bits per heavy atom. The van der Waals surface area contributed by atoms with Gasteiger partial charge in [0.25, 0.3) is 0 Å². The molecule has 0 fully saturated rings. The van der Waals surface area contributed by atoms with E-state index in [-0.39, 0.29) is 5.82 Å². The van der Waals surface area contributed by atoms with Crippen LogP contribution < -0.4 is 0 Å². The largest absolute Gasteiger partial charge is 0.206 e. The molecular weight excluding hydrogens is 235 g/mol. The molecule has 0 aliphatic heterocycles. The summed E-state index contributed by atoms with van der Waals surface area (Å²) in [6, 6.07) is 6.62. The predicted octanol–water partition coefficient (Wildman–Crippen LogP) is 4.95. The number of hydrogen-bond acceptors (Lipinski definition) is 0. The first kappa shape index (κ1) is 13.5. The molecule has 0 aromatic heterocycles. The Kier molecular flexibility index (Phi) is 4.54. The normalized spacial score (nSPS) is 9.41. The van der Waals surface area contributed by atoms with Gasteiger partial charge in [0.2, 0.25) is 0 Å². The second-order valence-electron chi connectivity index (χ2n) is 3.39. The first-order chi connectivity index (χ1) is 8.13. The number of halogens is 2. The second kappa shape index (κ2) is 5.70. The van der Waals surface area contributed by atoms with Gasteiger partial charge in [0.1, 0.15) is 5.82 Å². The van der Waals surface area contributed by atoms with E-state index in [1.165, 1.54) is 6.07 Å². The third-order valence-corrected chi connectivity index (χ3v) is 2.59. The van der Waals surface area contributed by atoms with Crippen LogP contribution in [0.3, 0.4) is 0 Å². The molecule has 0 N–H and O–H groups in total. The number of fused-ring (bicyclic) bond motifs is 1. The summed E-state index contributed by atoms with van der Waals surface area (Å²) in [5.41, 5.74) is 1.20. The second-order valence-corrected chi connectivity index (χ2v) is 3.82. The zero-order chi connectivity index (χ0) is 13.0. The molecule has 0 unspecified atom stereocenters. The maximum atomic E-state index is 13.4. The topological polar surface area (TPSA) is 0 Å². The van der Waals surface area contributed by atoms with Crippen LogP contribution in [0.5, 0.6) is 0 Å². The lowest BCUT2D eigenvalue weighted by atomic mass is 10.00. The summed E-state index contributed by atoms with van der Waals surface area (Å²) in [6.07, 6.45) is 5.30. The van der Waals surface area contributed by atoms with Crippen LogP contribution in [0.15, 0.2) is 24.3 Å². The molecule has 0 heterocycles. The highest BCUT2D eigenvalue weighted by Gasteiger charge is 2.08. The minimum atomic E-state index is -0.365. The standard InChI is InChI=1S/C13H8ClF.C2H6/c1-3-11-12(15)5-4-9-7-10(14)6-8(2)13(9)11;1-2/h1,4-7H,2H3;1-2H3. The molecule has 0 nitrogen and oxygen atoms in total. The molecule has 0 amide bonds. The molecule has 2 aromatic carbocycles. The van der Waals surface area contributed by atoms with Gasteiger partial charge in [0.05, 0.1) is 5.56 Å². The molecule has 0 radical (unpaired) electrons. The van der Waals surface area contributed by atoms with E-state index in [4.69, 9.17) is 18.0 Å². The summed E-state index contributed by atoms with van der Waals surface area (Å²) in [4.78, 5) is 0. The fourth-order valence-electron chi connectivity index (χ4n) is 1.75. The van der Waals surface area contributed by atoms with Crippen molar-refractivity contribution in [3.05, 3.63) is 46.2 Å². The zero-order valence-corrected chi connectivity index (χ0v) is 10.9. The van der Waals surface area contributed by atoms with Crippen LogP contribution in [0.1, 0.15) is 25.0 Å². The Bertz CT molecular complexity index is 579. The molecule has 0 spiro atoms. The Labute approximate surface area is 106 Å². The van der Waals surface area contributed by atoms with Crippen molar-refractivity contribution in [1.29, 1.82) is 0 Å². The van der Waals surface area contributed by atoms with Crippen LogP contribution >= 0.6 is 11.6 Å². The number of rotatable bonds is 0. The van der Waals surface area contributed by atoms with Crippen LogP contribution in [0.4, 0.5) is 4.39 Å². The third kappa shape index (κ3) is 2.60. The third-order valence-electron chi connectivity index (χ3n) is 2.37. The first-order valence-corrected chi connectivity index (χ1v) is 5.86. The molecular formula is C15H14ClF. The molecule has 88 valence electrons. The van der Waals surface area contributed by atoms with E-state index in [1.54, 1.807) is 18.2 Å². The highest BCUT2D eigenvalue weighted by molar-refractivity contribution is 6.31. The molecule has 0 aliphatic rings. The average molecular weight is 249 g/mol. The van der Waals surface area contributed by atoms with E-state index < -0.39 is 0 Å². The van der Waals surface area contributed by atoms with Gasteiger partial charge in [0, 0.05) is 10.4 Å². The number of benzene rings is 2. The SMILES string of the molecule is C#Cc1c(F)ccc2cc(Cl)cc(C)c12.CC. The Morgan fingerprint density at radius 3 is 2.47 bits per heavy atom. The van der Waals surface area contributed by atoms with Gasteiger partial charge in [-0.15, -0.1) is 6.42 Å². The lowest BCUT2D eigenvalue weighted by molar-refractivity contribution is 0.626. The summed E-state index contributed by atoms with van der Waals surface area (Å²) in [5.74, 6) is 2.02. The van der Waals surface area contributed by atoms with Crippen LogP contribution in [-0.2, 0) is 0 Å². The Morgan fingerprint density at radius 2 is 1.88 bits per heavy atom. The zero-order valence-electron chi connectivity index (χ0n) is 10.1. The van der Waals surface area contributed by atoms with E-state index in [0.29, 0.717) is 10.6 Å². The molecule has 2 aromatic rings. The first-order valence-electron chi connectivity index (χ1n) is 5.48. The maximum absolute atomic E-state index is 13.4. The van der Waals surface area contributed by atoms with Crippen molar-refractivity contribution in [2.24, 2.45) is 0 Å². The van der Waals surface area contributed by atoms with Gasteiger partial charge < -0.3 is 0 Å². The van der Waals surface area contributed by atoms with Gasteiger partial charge in [-0.1, -0.05) is 37.4 Å². The number of hydrogen-bond donors (Lipinski definition) is 0. The minimum absolute atomic E-state index is 0.307. The van der Waals surface area contributed by atoms with Crippen molar-refractivity contribution >= 4 is 22.4 Å². The number of terminal acetylenes is 1. The van der Waals surface area contributed by atoms with Crippen molar-refractivity contribution in [2.75, 3.05) is 0 Å². The molecule has 0 aliphatic carbocycles. The molecule has 0 saturated heterocycles. The highest BCUT2D eigenvalue weighted by Crippen LogP contribution is 2.27. The predicted molar refractivity (Wildman–Crippen MR) is 72.9 cm³/mol. The Hall–Kier alpha value is -1.52. The summed E-state index contributed by atoms with van der Waals surface area (Å²) >= 11 is 5.91. The van der Waals surface area contributed by atoms with Crippen molar-refractivity contribution in [3.63, 3.8) is 0 Å². The summed E-state index contributed by atoms with van der Waals surface area (Å²) in [5, 5.41) is 2.27. The molecule has 0 saturated carbocycles. The van der Waals surface area contributed by atoms with Gasteiger partial charge >= 0.3 is 0 Å². The Balaban J connectivity index is 0.000000686. The maximum Gasteiger partial charge on any atom is 0.139 e. The number of aryl methyl sites for hydroxylation is 1. The summed E-state index contributed by atoms with van der Waals surface area (Å²) in [6.45, 7) is 5.87. The van der Waals surface area contributed by atoms with Gasteiger partial charge in [-0.3, -0.25) is 0 Å². The fraction of sp³-hybridized carbons (Fsp3) is 0.200. The van der Waals surface area contributed by atoms with Crippen molar-refractivity contribution < 1.29 is 4.39 Å². The van der Waals surface area contributed by atoms with Crippen LogP contribution in [0.25, 0.3) is 10.8 Å². The molecule has 2 heteroatoms. The average Bonchev–Trinajstić information content (AvgIpc) is 2.32. The van der Waals surface area contributed by atoms with Crippen LogP contribution in [-0.4, -0.2) is 0 Å². The monoisotopic (exact) mass is 248 g/mol. The van der Waals surface area contributed by atoms with Gasteiger partial charge in [-0.25, -0.2) is 4.39 Å². The van der Waals surface area contributed by atoms with Gasteiger partial charge in [-0.05, 0) is 36.1 Å². The molecule has 0 bridgehead atoms. The van der Waals surface area contributed by atoms with Crippen molar-refractivity contribution in [3.8, 4) is 12.3 Å². The fourth-order valence-corrected chi connectivity index (χ4v) is 2.03. The van der Waals surface area contributed by atoms with Crippen molar-refractivity contribution in [1.82, 2.24) is 0 Å². The lowest BCUT2D eigenvalue weighted by Gasteiger charge is -2.06. The highest BCUT2D eigenvalue weighted by atomic mass is 35.5.